The number of hydrogen-bond donors (Lipinski definition) is 2. The van der Waals surface area contributed by atoms with Crippen LogP contribution in [0.5, 0.6) is 0 Å². The average molecular weight is 294 g/mol. The molecule has 0 aliphatic carbocycles. The number of aromatic nitrogens is 3. The summed E-state index contributed by atoms with van der Waals surface area (Å²) in [4.78, 5) is 15.0. The summed E-state index contributed by atoms with van der Waals surface area (Å²) >= 11 is 0. The topological polar surface area (TPSA) is 98.4 Å². The lowest BCUT2D eigenvalue weighted by Gasteiger charge is -2.27. The summed E-state index contributed by atoms with van der Waals surface area (Å²) in [6.45, 7) is 4.43. The molecule has 3 heterocycles. The molecule has 2 aliphatic heterocycles. The van der Waals surface area contributed by atoms with Gasteiger partial charge in [-0.1, -0.05) is 0 Å². The molecule has 2 aliphatic rings. The number of nitrogens with zero attached hydrogens (tertiary/aromatic N) is 4. The maximum Gasteiger partial charge on any atom is 0.231 e. The quantitative estimate of drug-likeness (QED) is 0.816. The van der Waals surface area contributed by atoms with Crippen LogP contribution in [0.3, 0.4) is 0 Å². The van der Waals surface area contributed by atoms with Crippen LogP contribution in [-0.4, -0.2) is 60.5 Å². The summed E-state index contributed by atoms with van der Waals surface area (Å²) < 4.78 is 10.9. The summed E-state index contributed by atoms with van der Waals surface area (Å²) in [5, 5.41) is 3.16. The van der Waals surface area contributed by atoms with Crippen LogP contribution in [0.2, 0.25) is 0 Å². The summed E-state index contributed by atoms with van der Waals surface area (Å²) in [5.74, 6) is 1.40. The molecule has 0 spiro atoms. The summed E-state index contributed by atoms with van der Waals surface area (Å²) in [6, 6.07) is 0. The van der Waals surface area contributed by atoms with Gasteiger partial charge >= 0.3 is 0 Å². The molecule has 1 atom stereocenters. The van der Waals surface area contributed by atoms with Crippen LogP contribution >= 0.6 is 0 Å². The third-order valence-corrected chi connectivity index (χ3v) is 3.65. The molecular weight excluding hydrogens is 272 g/mol. The fourth-order valence-electron chi connectivity index (χ4n) is 2.55. The summed E-state index contributed by atoms with van der Waals surface area (Å²) in [5.41, 5.74) is 5.79. The van der Waals surface area contributed by atoms with E-state index in [2.05, 4.69) is 25.2 Å². The van der Waals surface area contributed by atoms with E-state index in [4.69, 9.17) is 15.2 Å². The van der Waals surface area contributed by atoms with E-state index < -0.39 is 0 Å². The minimum Gasteiger partial charge on any atom is -0.376 e. The van der Waals surface area contributed by atoms with Gasteiger partial charge in [-0.15, -0.1) is 0 Å². The molecule has 1 unspecified atom stereocenters. The minimum absolute atomic E-state index is 0.0233. The Morgan fingerprint density at radius 3 is 2.76 bits per heavy atom. The highest BCUT2D eigenvalue weighted by Crippen LogP contribution is 2.17. The van der Waals surface area contributed by atoms with E-state index in [9.17, 15) is 0 Å². The predicted molar refractivity (Wildman–Crippen MR) is 79.4 cm³/mol. The molecule has 0 radical (unpaired) electrons. The molecule has 1 aromatic heterocycles. The normalized spacial score (nSPS) is 23.0. The molecular formula is C13H22N6O2. The second-order valence-electron chi connectivity index (χ2n) is 5.31. The largest absolute Gasteiger partial charge is 0.376 e. The lowest BCUT2D eigenvalue weighted by Crippen LogP contribution is -2.35. The SMILES string of the molecule is Nc1nc(NCC2COCCO2)nc(N2CCCCC2)n1. The van der Waals surface area contributed by atoms with E-state index in [1.54, 1.807) is 0 Å². The number of anilines is 3. The van der Waals surface area contributed by atoms with Crippen LogP contribution in [0.1, 0.15) is 19.3 Å². The minimum atomic E-state index is 0.0233. The molecule has 0 amide bonds. The number of ether oxygens (including phenoxy) is 2. The Morgan fingerprint density at radius 1 is 1.14 bits per heavy atom. The van der Waals surface area contributed by atoms with Crippen LogP contribution in [0.15, 0.2) is 0 Å². The Kier molecular flexibility index (Phi) is 4.66. The van der Waals surface area contributed by atoms with Gasteiger partial charge in [0.15, 0.2) is 0 Å². The zero-order chi connectivity index (χ0) is 14.5. The maximum absolute atomic E-state index is 5.79. The van der Waals surface area contributed by atoms with Gasteiger partial charge in [-0.05, 0) is 19.3 Å². The van der Waals surface area contributed by atoms with Crippen LogP contribution < -0.4 is 16.0 Å². The fourth-order valence-corrected chi connectivity index (χ4v) is 2.55. The predicted octanol–water partition coefficient (Wildman–Crippen LogP) is 0.271. The number of nitrogen functional groups attached to an aromatic ring is 1. The molecule has 2 fully saturated rings. The van der Waals surface area contributed by atoms with Crippen molar-refractivity contribution >= 4 is 17.8 Å². The molecule has 116 valence electrons. The Labute approximate surface area is 124 Å². The van der Waals surface area contributed by atoms with E-state index in [1.165, 1.54) is 19.3 Å². The third kappa shape index (κ3) is 3.92. The molecule has 8 nitrogen and oxygen atoms in total. The van der Waals surface area contributed by atoms with Crippen molar-refractivity contribution in [1.82, 2.24) is 15.0 Å². The zero-order valence-electron chi connectivity index (χ0n) is 12.1. The highest BCUT2D eigenvalue weighted by atomic mass is 16.6. The highest BCUT2D eigenvalue weighted by molar-refractivity contribution is 5.42. The standard InChI is InChI=1S/C13H22N6O2/c14-11-16-12(15-8-10-9-20-6-7-21-10)18-13(17-11)19-4-2-1-3-5-19/h10H,1-9H2,(H3,14,15,16,17,18). The second-order valence-corrected chi connectivity index (χ2v) is 5.31. The first-order chi connectivity index (χ1) is 10.3. The van der Waals surface area contributed by atoms with Gasteiger partial charge in [-0.2, -0.15) is 15.0 Å². The molecule has 2 saturated heterocycles. The van der Waals surface area contributed by atoms with E-state index in [-0.39, 0.29) is 12.1 Å². The van der Waals surface area contributed by atoms with E-state index in [1.807, 2.05) is 0 Å². The lowest BCUT2D eigenvalue weighted by molar-refractivity contribution is -0.0819. The number of nitrogens with two attached hydrogens (primary N) is 1. The smallest absolute Gasteiger partial charge is 0.231 e. The van der Waals surface area contributed by atoms with Crippen molar-refractivity contribution < 1.29 is 9.47 Å². The van der Waals surface area contributed by atoms with Crippen molar-refractivity contribution in [3.8, 4) is 0 Å². The Balaban J connectivity index is 1.62. The molecule has 0 bridgehead atoms. The molecule has 3 rings (SSSR count). The van der Waals surface area contributed by atoms with Gasteiger partial charge < -0.3 is 25.4 Å². The van der Waals surface area contributed by atoms with Crippen molar-refractivity contribution in [3.63, 3.8) is 0 Å². The van der Waals surface area contributed by atoms with Gasteiger partial charge in [-0.25, -0.2) is 0 Å². The van der Waals surface area contributed by atoms with Gasteiger partial charge in [0.2, 0.25) is 17.8 Å². The first-order valence-corrected chi connectivity index (χ1v) is 7.51. The zero-order valence-corrected chi connectivity index (χ0v) is 12.1. The van der Waals surface area contributed by atoms with Crippen molar-refractivity contribution in [2.24, 2.45) is 0 Å². The van der Waals surface area contributed by atoms with Crippen LogP contribution in [0.25, 0.3) is 0 Å². The molecule has 1 aromatic rings. The van der Waals surface area contributed by atoms with Gasteiger partial charge in [0.05, 0.1) is 25.9 Å². The average Bonchev–Trinajstić information content (AvgIpc) is 2.54. The number of rotatable bonds is 4. The third-order valence-electron chi connectivity index (χ3n) is 3.65. The Bertz CT molecular complexity index is 460. The van der Waals surface area contributed by atoms with Gasteiger partial charge in [0.25, 0.3) is 0 Å². The van der Waals surface area contributed by atoms with E-state index >= 15 is 0 Å². The van der Waals surface area contributed by atoms with Crippen LogP contribution in [0, 0.1) is 0 Å². The fraction of sp³-hybridized carbons (Fsp3) is 0.769. The van der Waals surface area contributed by atoms with E-state index in [0.29, 0.717) is 38.3 Å². The van der Waals surface area contributed by atoms with Gasteiger partial charge in [0, 0.05) is 19.6 Å². The van der Waals surface area contributed by atoms with Crippen LogP contribution in [-0.2, 0) is 9.47 Å². The number of hydrogen-bond acceptors (Lipinski definition) is 8. The first kappa shape index (κ1) is 14.3. The summed E-state index contributed by atoms with van der Waals surface area (Å²) in [6.07, 6.45) is 3.62. The maximum atomic E-state index is 5.79. The van der Waals surface area contributed by atoms with Crippen LogP contribution in [0.4, 0.5) is 17.8 Å². The number of piperidine rings is 1. The highest BCUT2D eigenvalue weighted by Gasteiger charge is 2.17. The molecule has 3 N–H and O–H groups in total. The van der Waals surface area contributed by atoms with Crippen molar-refractivity contribution in [1.29, 1.82) is 0 Å². The van der Waals surface area contributed by atoms with Crippen molar-refractivity contribution in [2.75, 3.05) is 55.4 Å². The molecule has 0 aromatic carbocycles. The Hall–Kier alpha value is -1.67. The van der Waals surface area contributed by atoms with Crippen molar-refractivity contribution in [3.05, 3.63) is 0 Å². The molecule has 0 saturated carbocycles. The second kappa shape index (κ2) is 6.86. The molecule has 21 heavy (non-hydrogen) atoms. The summed E-state index contributed by atoms with van der Waals surface area (Å²) in [7, 11) is 0. The first-order valence-electron chi connectivity index (χ1n) is 7.51. The monoisotopic (exact) mass is 294 g/mol. The van der Waals surface area contributed by atoms with Gasteiger partial charge in [0.1, 0.15) is 0 Å². The van der Waals surface area contributed by atoms with Crippen molar-refractivity contribution in [2.45, 2.75) is 25.4 Å². The Morgan fingerprint density at radius 2 is 2.00 bits per heavy atom. The van der Waals surface area contributed by atoms with Gasteiger partial charge in [-0.3, -0.25) is 0 Å². The molecule has 8 heteroatoms. The lowest BCUT2D eigenvalue weighted by atomic mass is 10.1. The number of nitrogens with one attached hydrogen (secondary N) is 1. The van der Waals surface area contributed by atoms with E-state index in [0.717, 1.165) is 13.1 Å².